The molecule has 0 radical (unpaired) electrons. The molecule has 0 aliphatic heterocycles. The lowest BCUT2D eigenvalue weighted by molar-refractivity contribution is 0.0601. The second-order valence-corrected chi connectivity index (χ2v) is 6.43. The number of H-pyrrole nitrogens is 1. The lowest BCUT2D eigenvalue weighted by atomic mass is 10.0. The normalized spacial score (nSPS) is 11.2. The largest absolute Gasteiger partial charge is 0.465 e. The van der Waals surface area contributed by atoms with E-state index in [1.807, 2.05) is 31.2 Å². The quantitative estimate of drug-likeness (QED) is 0.562. The second kappa shape index (κ2) is 5.88. The van der Waals surface area contributed by atoms with Crippen LogP contribution >= 0.6 is 0 Å². The molecule has 26 heavy (non-hydrogen) atoms. The van der Waals surface area contributed by atoms with Gasteiger partial charge in [0.1, 0.15) is 5.65 Å². The summed E-state index contributed by atoms with van der Waals surface area (Å²) in [6, 6.07) is 15.0. The predicted octanol–water partition coefficient (Wildman–Crippen LogP) is 3.78. The average Bonchev–Trinajstić information content (AvgIpc) is 3.02. The SMILES string of the molecule is COC(=O)c1cccc(-c2cc3c4cc(C)ccc4[nH]c3n(C)c2=O)c1. The number of rotatable bonds is 2. The molecular weight excluding hydrogens is 328 g/mol. The number of methoxy groups -OCH3 is 1. The highest BCUT2D eigenvalue weighted by atomic mass is 16.5. The molecule has 2 aromatic heterocycles. The van der Waals surface area contributed by atoms with Gasteiger partial charge in [-0.1, -0.05) is 23.8 Å². The van der Waals surface area contributed by atoms with Crippen LogP contribution in [0.5, 0.6) is 0 Å². The molecule has 0 atom stereocenters. The van der Waals surface area contributed by atoms with E-state index in [1.54, 1.807) is 29.8 Å². The summed E-state index contributed by atoms with van der Waals surface area (Å²) in [5.74, 6) is -0.424. The molecule has 0 aliphatic carbocycles. The number of ether oxygens (including phenoxy) is 1. The number of hydrogen-bond donors (Lipinski definition) is 1. The van der Waals surface area contributed by atoms with Gasteiger partial charge in [-0.2, -0.15) is 0 Å². The van der Waals surface area contributed by atoms with E-state index in [2.05, 4.69) is 11.1 Å². The predicted molar refractivity (Wildman–Crippen MR) is 103 cm³/mol. The van der Waals surface area contributed by atoms with Gasteiger partial charge in [-0.05, 0) is 42.8 Å². The molecule has 2 heterocycles. The number of fused-ring (bicyclic) bond motifs is 3. The molecule has 5 heteroatoms. The minimum atomic E-state index is -0.424. The number of aryl methyl sites for hydroxylation is 2. The molecule has 0 spiro atoms. The van der Waals surface area contributed by atoms with E-state index in [0.717, 1.165) is 27.5 Å². The van der Waals surface area contributed by atoms with Crippen molar-refractivity contribution in [2.75, 3.05) is 7.11 Å². The number of aromatic amines is 1. The third kappa shape index (κ3) is 2.40. The van der Waals surface area contributed by atoms with Crippen molar-refractivity contribution >= 4 is 27.9 Å². The second-order valence-electron chi connectivity index (χ2n) is 6.43. The molecule has 0 unspecified atom stereocenters. The Morgan fingerprint density at radius 1 is 1.08 bits per heavy atom. The maximum atomic E-state index is 12.9. The number of nitrogens with zero attached hydrogens (tertiary/aromatic N) is 1. The van der Waals surface area contributed by atoms with Gasteiger partial charge >= 0.3 is 5.97 Å². The van der Waals surface area contributed by atoms with Crippen LogP contribution in [0.15, 0.2) is 53.3 Å². The summed E-state index contributed by atoms with van der Waals surface area (Å²) >= 11 is 0. The number of benzene rings is 2. The van der Waals surface area contributed by atoms with Crippen LogP contribution in [0, 0.1) is 6.92 Å². The number of carbonyl (C=O) groups excluding carboxylic acids is 1. The first kappa shape index (κ1) is 16.1. The zero-order valence-electron chi connectivity index (χ0n) is 14.8. The van der Waals surface area contributed by atoms with Crippen LogP contribution in [0.1, 0.15) is 15.9 Å². The summed E-state index contributed by atoms with van der Waals surface area (Å²) in [5.41, 5.74) is 4.46. The molecule has 0 bridgehead atoms. The molecule has 0 saturated carbocycles. The fourth-order valence-corrected chi connectivity index (χ4v) is 3.35. The van der Waals surface area contributed by atoms with Crippen molar-refractivity contribution in [3.8, 4) is 11.1 Å². The van der Waals surface area contributed by atoms with Gasteiger partial charge in [0.25, 0.3) is 5.56 Å². The number of aromatic nitrogens is 2. The topological polar surface area (TPSA) is 64.1 Å². The summed E-state index contributed by atoms with van der Waals surface area (Å²) in [5, 5.41) is 2.05. The summed E-state index contributed by atoms with van der Waals surface area (Å²) in [6.45, 7) is 2.04. The maximum absolute atomic E-state index is 12.9. The van der Waals surface area contributed by atoms with Crippen LogP contribution in [0.4, 0.5) is 0 Å². The van der Waals surface area contributed by atoms with Crippen molar-refractivity contribution in [3.05, 3.63) is 70.0 Å². The fourth-order valence-electron chi connectivity index (χ4n) is 3.35. The first-order valence-corrected chi connectivity index (χ1v) is 8.30. The summed E-state index contributed by atoms with van der Waals surface area (Å²) in [4.78, 5) is 28.0. The Hall–Kier alpha value is -3.34. The standard InChI is InChI=1S/C21H18N2O3/c1-12-7-8-18-16(9-12)17-11-15(20(24)23(2)19(17)22-18)13-5-4-6-14(10-13)21(25)26-3/h4-11,22H,1-3H3. The Balaban J connectivity index is 2.03. The zero-order chi connectivity index (χ0) is 18.4. The van der Waals surface area contributed by atoms with E-state index in [0.29, 0.717) is 16.7 Å². The average molecular weight is 346 g/mol. The van der Waals surface area contributed by atoms with Crippen LogP contribution in [0.2, 0.25) is 0 Å². The van der Waals surface area contributed by atoms with E-state index < -0.39 is 5.97 Å². The van der Waals surface area contributed by atoms with E-state index >= 15 is 0 Å². The number of nitrogens with one attached hydrogen (secondary N) is 1. The number of esters is 1. The third-order valence-electron chi connectivity index (χ3n) is 4.73. The van der Waals surface area contributed by atoms with Crippen molar-refractivity contribution in [1.82, 2.24) is 9.55 Å². The molecule has 0 amide bonds. The van der Waals surface area contributed by atoms with Crippen molar-refractivity contribution in [2.24, 2.45) is 7.05 Å². The van der Waals surface area contributed by atoms with Gasteiger partial charge in [-0.15, -0.1) is 0 Å². The minimum Gasteiger partial charge on any atom is -0.465 e. The Bertz CT molecular complexity index is 1230. The number of carbonyl (C=O) groups is 1. The molecule has 5 nitrogen and oxygen atoms in total. The highest BCUT2D eigenvalue weighted by Crippen LogP contribution is 2.28. The van der Waals surface area contributed by atoms with E-state index in [4.69, 9.17) is 4.74 Å². The van der Waals surface area contributed by atoms with E-state index in [1.165, 1.54) is 7.11 Å². The molecule has 4 aromatic rings. The highest BCUT2D eigenvalue weighted by molar-refractivity contribution is 6.07. The van der Waals surface area contributed by atoms with Gasteiger partial charge < -0.3 is 9.72 Å². The minimum absolute atomic E-state index is 0.122. The Morgan fingerprint density at radius 2 is 1.88 bits per heavy atom. The molecule has 1 N–H and O–H groups in total. The van der Waals surface area contributed by atoms with Gasteiger partial charge in [0.2, 0.25) is 0 Å². The zero-order valence-corrected chi connectivity index (χ0v) is 14.8. The first-order chi connectivity index (χ1) is 12.5. The van der Waals surface area contributed by atoms with Gasteiger partial charge in [-0.25, -0.2) is 4.79 Å². The van der Waals surface area contributed by atoms with Crippen molar-refractivity contribution in [2.45, 2.75) is 6.92 Å². The Labute approximate surface area is 149 Å². The molecule has 0 saturated heterocycles. The summed E-state index contributed by atoms with van der Waals surface area (Å²) < 4.78 is 6.40. The lowest BCUT2D eigenvalue weighted by Crippen LogP contribution is -2.19. The monoisotopic (exact) mass is 346 g/mol. The highest BCUT2D eigenvalue weighted by Gasteiger charge is 2.15. The molecule has 130 valence electrons. The molecular formula is C21H18N2O3. The first-order valence-electron chi connectivity index (χ1n) is 8.30. The van der Waals surface area contributed by atoms with Gasteiger partial charge in [-0.3, -0.25) is 9.36 Å². The lowest BCUT2D eigenvalue weighted by Gasteiger charge is -2.07. The smallest absolute Gasteiger partial charge is 0.337 e. The van der Waals surface area contributed by atoms with Crippen LogP contribution in [-0.4, -0.2) is 22.6 Å². The number of pyridine rings is 1. The molecule has 0 aliphatic rings. The molecule has 4 rings (SSSR count). The molecule has 0 fully saturated rings. The van der Waals surface area contributed by atoms with Crippen molar-refractivity contribution in [3.63, 3.8) is 0 Å². The molecule has 2 aromatic carbocycles. The van der Waals surface area contributed by atoms with Crippen LogP contribution < -0.4 is 5.56 Å². The summed E-state index contributed by atoms with van der Waals surface area (Å²) in [7, 11) is 3.09. The van der Waals surface area contributed by atoms with Gasteiger partial charge in [0.05, 0.1) is 12.7 Å². The Kier molecular flexibility index (Phi) is 3.65. The maximum Gasteiger partial charge on any atom is 0.337 e. The third-order valence-corrected chi connectivity index (χ3v) is 4.73. The van der Waals surface area contributed by atoms with Crippen LogP contribution in [-0.2, 0) is 11.8 Å². The van der Waals surface area contributed by atoms with Crippen molar-refractivity contribution < 1.29 is 9.53 Å². The Morgan fingerprint density at radius 3 is 2.65 bits per heavy atom. The summed E-state index contributed by atoms with van der Waals surface area (Å²) in [6.07, 6.45) is 0. The number of hydrogen-bond acceptors (Lipinski definition) is 3. The van der Waals surface area contributed by atoms with Gasteiger partial charge in [0, 0.05) is 28.9 Å². The fraction of sp³-hybridized carbons (Fsp3) is 0.143. The van der Waals surface area contributed by atoms with Crippen molar-refractivity contribution in [1.29, 1.82) is 0 Å². The van der Waals surface area contributed by atoms with Crippen LogP contribution in [0.25, 0.3) is 33.1 Å². The van der Waals surface area contributed by atoms with Crippen LogP contribution in [0.3, 0.4) is 0 Å². The van der Waals surface area contributed by atoms with E-state index in [-0.39, 0.29) is 5.56 Å². The van der Waals surface area contributed by atoms with Gasteiger partial charge in [0.15, 0.2) is 0 Å². The van der Waals surface area contributed by atoms with E-state index in [9.17, 15) is 9.59 Å².